The second kappa shape index (κ2) is 25.1. The molecule has 4 bridgehead atoms. The zero-order valence-electron chi connectivity index (χ0n) is 43.8. The van der Waals surface area contributed by atoms with E-state index in [1.54, 1.807) is 22.6 Å². The van der Waals surface area contributed by atoms with Gasteiger partial charge in [0, 0.05) is 72.0 Å². The number of hydrogen-bond donors (Lipinski definition) is 7. The number of benzene rings is 1. The monoisotopic (exact) mass is 1120 g/mol. The number of aliphatic hydroxyl groups is 2. The minimum Gasteiger partial charge on any atom is -0.480 e. The maximum absolute atomic E-state index is 10.9. The van der Waals surface area contributed by atoms with Gasteiger partial charge in [-0.1, -0.05) is 95.1 Å². The lowest BCUT2D eigenvalue weighted by molar-refractivity contribution is -0.625. The molecule has 2 aromatic rings. The van der Waals surface area contributed by atoms with E-state index in [0.29, 0.717) is 53.1 Å². The Labute approximate surface area is 446 Å². The van der Waals surface area contributed by atoms with Gasteiger partial charge in [-0.25, -0.2) is 9.98 Å². The first kappa shape index (κ1) is 55.8. The molecule has 0 spiro atoms. The Hall–Kier alpha value is -3.94. The molecule has 394 valence electrons. The van der Waals surface area contributed by atoms with Crippen LogP contribution in [0.25, 0.3) is 10.2 Å². The van der Waals surface area contributed by atoms with Crippen LogP contribution in [-0.4, -0.2) is 105 Å². The number of halogens is 1. The highest BCUT2D eigenvalue weighted by atomic mass is 127. The van der Waals surface area contributed by atoms with Crippen molar-refractivity contribution in [1.29, 1.82) is 10.8 Å². The number of nitrogens with two attached hydrogens (primary N) is 2. The molecule has 1 aromatic carbocycles. The number of amidine groups is 2. The van der Waals surface area contributed by atoms with Crippen LogP contribution in [0.1, 0.15) is 150 Å². The molecule has 72 heavy (non-hydrogen) atoms. The highest BCUT2D eigenvalue weighted by Crippen LogP contribution is 2.71. The number of likely N-dealkylation sites (tertiary alicyclic amines) is 1. The highest BCUT2D eigenvalue weighted by Gasteiger charge is 2.66. The number of allylic oxidation sites excluding steroid dienone is 4. The van der Waals surface area contributed by atoms with E-state index in [-0.39, 0.29) is 43.8 Å². The van der Waals surface area contributed by atoms with Crippen molar-refractivity contribution in [2.75, 3.05) is 53.0 Å². The number of hydrogen-bond acceptors (Lipinski definition) is 12. The number of para-hydroxylation sites is 1. The maximum Gasteiger partial charge on any atom is 0.299 e. The molecule has 8 rings (SSSR count). The summed E-state index contributed by atoms with van der Waals surface area (Å²) in [5.74, 6) is 0.251. The number of unbranched alkanes of at least 4 members (excludes halogenated alkanes) is 10. The molecular formula is C56H83IN9O5S+. The molecular weight excluding hydrogens is 1040 g/mol. The van der Waals surface area contributed by atoms with Crippen LogP contribution in [0.4, 0.5) is 5.13 Å². The van der Waals surface area contributed by atoms with E-state index in [1.807, 2.05) is 55.2 Å². The van der Waals surface area contributed by atoms with E-state index < -0.39 is 5.95 Å². The van der Waals surface area contributed by atoms with Crippen molar-refractivity contribution >= 4 is 71.0 Å². The van der Waals surface area contributed by atoms with Crippen molar-refractivity contribution in [1.82, 2.24) is 20.1 Å². The van der Waals surface area contributed by atoms with Crippen molar-refractivity contribution in [2.24, 2.45) is 27.0 Å². The Balaban J connectivity index is 0.907. The van der Waals surface area contributed by atoms with Gasteiger partial charge >= 0.3 is 0 Å². The Bertz CT molecular complexity index is 2420. The minimum atomic E-state index is -0.871. The fourth-order valence-corrected chi connectivity index (χ4v) is 14.7. The third kappa shape index (κ3) is 14.5. The molecule has 2 atom stereocenters. The number of ether oxygens (including phenoxy) is 2. The molecule has 1 aromatic heterocycles. The second-order valence-electron chi connectivity index (χ2n) is 22.6. The predicted octanol–water partition coefficient (Wildman–Crippen LogP) is 11.2. The lowest BCUT2D eigenvalue weighted by atomic mass is 9.39. The molecule has 0 amide bonds. The smallest absolute Gasteiger partial charge is 0.299 e. The van der Waals surface area contributed by atoms with Gasteiger partial charge in [0.05, 0.1) is 34.5 Å². The van der Waals surface area contributed by atoms with Gasteiger partial charge in [0.15, 0.2) is 0 Å². The van der Waals surface area contributed by atoms with Crippen LogP contribution in [0, 0.1) is 27.1 Å². The van der Waals surface area contributed by atoms with Gasteiger partial charge < -0.3 is 51.3 Å². The summed E-state index contributed by atoms with van der Waals surface area (Å²) in [5, 5.41) is 45.4. The van der Waals surface area contributed by atoms with E-state index in [4.69, 9.17) is 20.6 Å². The molecule has 9 N–H and O–H groups in total. The molecule has 0 radical (unpaired) electrons. The fourth-order valence-electron chi connectivity index (χ4n) is 13.6. The standard InChI is InChI=1S/C56H82IN9O5S/c1-39(49(59)64-52-62-44-21-15-16-22-45(44)72-52)41-20-19-26-66(50(41)60)47-24-23-42(48(63-47)51(68)69)43(30-58)40(2)61-38-55-33-53(3)32-54(4,34-55)36-56(35-53,37-55)71-29-27-65(5)25-17-13-11-9-7-6-8-10-12-14-18-28-70-31-46(57)67/h15-16,21-24,30,58,60-61,63,68-69H,6-14,17-20,25-29,31-38H2,1-5H3,(H2,59,62,64)/p+1/b41-39-,43-40+,58-30?,60-50?. The zero-order valence-corrected chi connectivity index (χ0v) is 46.7. The van der Waals surface area contributed by atoms with Crippen LogP contribution < -0.4 is 16.4 Å². The number of carbonyl (C=O) groups excluding carboxylic acids is 1. The molecule has 5 fully saturated rings. The summed E-state index contributed by atoms with van der Waals surface area (Å²) in [5.41, 5.74) is 11.4. The number of likely N-dealkylation sites (N-methyl/N-ethyl adjacent to an activating group) is 1. The Morgan fingerprint density at radius 1 is 0.958 bits per heavy atom. The number of fused-ring (bicyclic) bond motifs is 1. The van der Waals surface area contributed by atoms with Crippen LogP contribution in [-0.2, 0) is 14.3 Å². The van der Waals surface area contributed by atoms with Gasteiger partial charge in [-0.05, 0) is 125 Å². The summed E-state index contributed by atoms with van der Waals surface area (Å²) in [6.45, 7) is 14.1. The number of carbonyl (C=O) groups is 1. The van der Waals surface area contributed by atoms with Crippen LogP contribution in [0.5, 0.6) is 0 Å². The summed E-state index contributed by atoms with van der Waals surface area (Å²) in [6.07, 6.45) is 27.2. The lowest BCUT2D eigenvalue weighted by Crippen LogP contribution is -2.86. The van der Waals surface area contributed by atoms with Gasteiger partial charge in [0.25, 0.3) is 5.95 Å². The second-order valence-corrected chi connectivity index (χ2v) is 24.8. The Morgan fingerprint density at radius 2 is 1.62 bits per heavy atom. The SMILES string of the molecule is C/C([NH2+]CC12CC3(C)CC(C)(C1)CC(OCCN(C)CCCCCCCCCCCCCOCC(=O)I)(C3)C2)=C(/C=N)C1=CC=C(N2CCC/C(=C(C)/C(N)=N\c3nc4ccccc4s3)C2=N)NC1=C(O)O. The molecule has 6 aliphatic rings. The van der Waals surface area contributed by atoms with E-state index >= 15 is 0 Å². The van der Waals surface area contributed by atoms with Gasteiger partial charge in [0.2, 0.25) is 8.92 Å². The number of rotatable bonds is 28. The molecule has 4 saturated carbocycles. The van der Waals surface area contributed by atoms with Gasteiger partial charge in [-0.15, -0.1) is 0 Å². The van der Waals surface area contributed by atoms with Crippen molar-refractivity contribution in [3.05, 3.63) is 81.9 Å². The normalized spacial score (nSPS) is 26.2. The van der Waals surface area contributed by atoms with Crippen molar-refractivity contribution in [3.8, 4) is 0 Å². The molecule has 4 aliphatic carbocycles. The summed E-state index contributed by atoms with van der Waals surface area (Å²) >= 11 is 3.25. The average molecular weight is 1120 g/mol. The molecule has 3 heterocycles. The first-order valence-corrected chi connectivity index (χ1v) is 28.6. The summed E-state index contributed by atoms with van der Waals surface area (Å²) < 4.78 is 13.6. The summed E-state index contributed by atoms with van der Waals surface area (Å²) in [6, 6.07) is 7.87. The van der Waals surface area contributed by atoms with E-state index in [1.165, 1.54) is 101 Å². The summed E-state index contributed by atoms with van der Waals surface area (Å²) in [7, 11) is 2.24. The Morgan fingerprint density at radius 3 is 2.28 bits per heavy atom. The maximum atomic E-state index is 10.9. The minimum absolute atomic E-state index is 0.0702. The largest absolute Gasteiger partial charge is 0.480 e. The number of aliphatic hydroxyl groups excluding tert-OH is 1. The van der Waals surface area contributed by atoms with Crippen LogP contribution in [0.3, 0.4) is 0 Å². The molecule has 14 nitrogen and oxygen atoms in total. The number of piperidine rings is 1. The first-order valence-electron chi connectivity index (χ1n) is 26.7. The topological polar surface area (TPSA) is 210 Å². The number of quaternary nitrogens is 1. The fraction of sp³-hybridized carbons (Fsp3) is 0.625. The molecule has 1 saturated heterocycles. The number of aromatic nitrogens is 1. The highest BCUT2D eigenvalue weighted by molar-refractivity contribution is 14.1. The molecule has 2 unspecified atom stereocenters. The van der Waals surface area contributed by atoms with E-state index in [9.17, 15) is 20.4 Å². The number of thiazole rings is 1. The molecule has 2 aliphatic heterocycles. The van der Waals surface area contributed by atoms with Gasteiger partial charge in [0.1, 0.15) is 35.5 Å². The number of nitrogens with zero attached hydrogens (tertiary/aromatic N) is 4. The van der Waals surface area contributed by atoms with Crippen LogP contribution in [0.15, 0.2) is 86.9 Å². The van der Waals surface area contributed by atoms with Crippen LogP contribution in [0.2, 0.25) is 0 Å². The zero-order chi connectivity index (χ0) is 51.5. The lowest BCUT2D eigenvalue weighted by Gasteiger charge is -2.68. The van der Waals surface area contributed by atoms with Crippen molar-refractivity contribution in [3.63, 3.8) is 0 Å². The first-order chi connectivity index (χ1) is 34.4. The van der Waals surface area contributed by atoms with Crippen molar-refractivity contribution in [2.45, 2.75) is 155 Å². The van der Waals surface area contributed by atoms with Crippen molar-refractivity contribution < 1.29 is 29.8 Å². The average Bonchev–Trinajstić information content (AvgIpc) is 3.73. The number of aliphatic imine (C=N–C) groups is 1. The molecule has 16 heteroatoms. The third-order valence-electron chi connectivity index (χ3n) is 15.9. The van der Waals surface area contributed by atoms with Crippen LogP contribution >= 0.6 is 33.9 Å². The number of nitrogens with one attached hydrogen (secondary N) is 3. The summed E-state index contributed by atoms with van der Waals surface area (Å²) in [4.78, 5) is 24.5. The number of dihydropyridines is 1. The van der Waals surface area contributed by atoms with Gasteiger partial charge in [-0.2, -0.15) is 0 Å². The van der Waals surface area contributed by atoms with E-state index in [0.717, 1.165) is 79.8 Å². The van der Waals surface area contributed by atoms with Gasteiger partial charge in [-0.3, -0.25) is 10.2 Å². The predicted molar refractivity (Wildman–Crippen MR) is 300 cm³/mol. The third-order valence-corrected chi connectivity index (χ3v) is 17.2. The Kier molecular flexibility index (Phi) is 19.4. The van der Waals surface area contributed by atoms with E-state index in [2.05, 4.69) is 46.4 Å². The quantitative estimate of drug-likeness (QED) is 0.0107.